The van der Waals surface area contributed by atoms with Gasteiger partial charge in [0.1, 0.15) is 11.4 Å². The van der Waals surface area contributed by atoms with Gasteiger partial charge in [-0.15, -0.1) is 0 Å². The van der Waals surface area contributed by atoms with Crippen molar-refractivity contribution in [3.05, 3.63) is 78.3 Å². The van der Waals surface area contributed by atoms with Crippen molar-refractivity contribution < 1.29 is 8.81 Å². The van der Waals surface area contributed by atoms with Crippen molar-refractivity contribution in [2.45, 2.75) is 13.3 Å². The van der Waals surface area contributed by atoms with Crippen molar-refractivity contribution in [3.8, 4) is 0 Å². The molecule has 0 radical (unpaired) electrons. The van der Waals surface area contributed by atoms with E-state index in [0.717, 1.165) is 10.0 Å². The summed E-state index contributed by atoms with van der Waals surface area (Å²) >= 11 is 6.70. The van der Waals surface area contributed by atoms with Crippen LogP contribution in [0.4, 0.5) is 4.39 Å². The van der Waals surface area contributed by atoms with E-state index in [1.807, 2.05) is 13.0 Å². The van der Waals surface area contributed by atoms with Crippen molar-refractivity contribution >= 4 is 42.8 Å². The van der Waals surface area contributed by atoms with Gasteiger partial charge in [-0.3, -0.25) is 4.79 Å². The number of halogens is 3. The Hall–Kier alpha value is -1.46. The topological polar surface area (TPSA) is 30.2 Å². The van der Waals surface area contributed by atoms with Gasteiger partial charge < -0.3 is 4.42 Å². The number of hydrogen-bond donors (Lipinski definition) is 0. The fourth-order valence-corrected chi connectivity index (χ4v) is 3.22. The first-order valence-electron chi connectivity index (χ1n) is 6.61. The quantitative estimate of drug-likeness (QED) is 0.553. The summed E-state index contributed by atoms with van der Waals surface area (Å²) in [7, 11) is 0. The molecule has 0 amide bonds. The molecule has 2 aromatic carbocycles. The fourth-order valence-electron chi connectivity index (χ4n) is 2.34. The summed E-state index contributed by atoms with van der Waals surface area (Å²) in [6.45, 7) is 1.92. The Morgan fingerprint density at radius 3 is 2.68 bits per heavy atom. The lowest BCUT2D eigenvalue weighted by Crippen LogP contribution is -2.11. The van der Waals surface area contributed by atoms with Crippen molar-refractivity contribution in [1.29, 1.82) is 0 Å². The molecule has 3 rings (SSSR count). The molecule has 0 atom stereocenters. The highest BCUT2D eigenvalue weighted by Gasteiger charge is 2.15. The Morgan fingerprint density at radius 1 is 1.14 bits per heavy atom. The molecule has 0 aliphatic carbocycles. The van der Waals surface area contributed by atoms with Gasteiger partial charge >= 0.3 is 0 Å². The Kier molecular flexibility index (Phi) is 4.19. The molecule has 22 heavy (non-hydrogen) atoms. The van der Waals surface area contributed by atoms with Gasteiger partial charge in [0.05, 0.1) is 10.9 Å². The second-order valence-corrected chi connectivity index (χ2v) is 6.67. The first kappa shape index (κ1) is 15.4. The summed E-state index contributed by atoms with van der Waals surface area (Å²) < 4.78 is 20.2. The van der Waals surface area contributed by atoms with Crippen LogP contribution < -0.4 is 5.43 Å². The van der Waals surface area contributed by atoms with Gasteiger partial charge in [-0.25, -0.2) is 4.39 Å². The molecule has 0 fully saturated rings. The Balaban J connectivity index is 2.18. The average molecular weight is 426 g/mol. The summed E-state index contributed by atoms with van der Waals surface area (Å²) in [4.78, 5) is 12.7. The van der Waals surface area contributed by atoms with Gasteiger partial charge in [-0.2, -0.15) is 0 Å². The van der Waals surface area contributed by atoms with Crippen LogP contribution in [0.5, 0.6) is 0 Å². The molecular weight excluding hydrogens is 415 g/mol. The lowest BCUT2D eigenvalue weighted by atomic mass is 10.0. The Labute approximate surface area is 143 Å². The maximum absolute atomic E-state index is 13.4. The molecule has 0 saturated heterocycles. The predicted molar refractivity (Wildman–Crippen MR) is 91.8 cm³/mol. The molecule has 0 bridgehead atoms. The monoisotopic (exact) mass is 424 g/mol. The average Bonchev–Trinajstić information content (AvgIpc) is 2.48. The van der Waals surface area contributed by atoms with Crippen LogP contribution in [0.3, 0.4) is 0 Å². The van der Waals surface area contributed by atoms with E-state index in [2.05, 4.69) is 31.9 Å². The lowest BCUT2D eigenvalue weighted by Gasteiger charge is -2.08. The summed E-state index contributed by atoms with van der Waals surface area (Å²) in [6.07, 6.45) is 0.283. The SMILES string of the molecule is Cc1ccc2oc(Br)c(Cc3cc(F)ccc3Br)c(=O)c2c1. The van der Waals surface area contributed by atoms with Crippen LogP contribution in [0.25, 0.3) is 11.0 Å². The molecule has 0 N–H and O–H groups in total. The van der Waals surface area contributed by atoms with Crippen molar-refractivity contribution in [2.75, 3.05) is 0 Å². The maximum Gasteiger partial charge on any atom is 0.197 e. The van der Waals surface area contributed by atoms with Gasteiger partial charge in [0.15, 0.2) is 10.1 Å². The molecule has 1 heterocycles. The van der Waals surface area contributed by atoms with E-state index < -0.39 is 0 Å². The minimum Gasteiger partial charge on any atom is -0.449 e. The largest absolute Gasteiger partial charge is 0.449 e. The third-order valence-electron chi connectivity index (χ3n) is 3.47. The molecule has 3 aromatic rings. The standard InChI is InChI=1S/C17H11Br2FO2/c1-9-2-5-15-12(6-9)16(21)13(17(19)22-15)8-10-7-11(20)3-4-14(10)18/h2-7H,8H2,1H3. The third-order valence-corrected chi connectivity index (χ3v) is 4.88. The first-order valence-corrected chi connectivity index (χ1v) is 8.20. The molecule has 0 spiro atoms. The number of benzene rings is 2. The van der Waals surface area contributed by atoms with E-state index in [0.29, 0.717) is 26.8 Å². The van der Waals surface area contributed by atoms with Gasteiger partial charge in [0.25, 0.3) is 0 Å². The molecule has 0 aliphatic rings. The molecular formula is C17H11Br2FO2. The van der Waals surface area contributed by atoms with Gasteiger partial charge in [0, 0.05) is 10.9 Å². The Bertz CT molecular complexity index is 932. The van der Waals surface area contributed by atoms with Crippen LogP contribution >= 0.6 is 31.9 Å². The van der Waals surface area contributed by atoms with Crippen molar-refractivity contribution in [1.82, 2.24) is 0 Å². The number of hydrogen-bond acceptors (Lipinski definition) is 2. The smallest absolute Gasteiger partial charge is 0.197 e. The zero-order valence-electron chi connectivity index (χ0n) is 11.6. The highest BCUT2D eigenvalue weighted by atomic mass is 79.9. The van der Waals surface area contributed by atoms with E-state index in [1.54, 1.807) is 18.2 Å². The Morgan fingerprint density at radius 2 is 1.91 bits per heavy atom. The highest BCUT2D eigenvalue weighted by molar-refractivity contribution is 9.10. The van der Waals surface area contributed by atoms with Crippen LogP contribution in [0, 0.1) is 12.7 Å². The van der Waals surface area contributed by atoms with Gasteiger partial charge in [0.2, 0.25) is 0 Å². The molecule has 0 saturated carbocycles. The first-order chi connectivity index (χ1) is 10.5. The fraction of sp³-hybridized carbons (Fsp3) is 0.118. The minimum absolute atomic E-state index is 0.104. The van der Waals surface area contributed by atoms with Crippen LogP contribution in [-0.4, -0.2) is 0 Å². The second-order valence-electron chi connectivity index (χ2n) is 5.10. The zero-order valence-corrected chi connectivity index (χ0v) is 14.8. The number of rotatable bonds is 2. The van der Waals surface area contributed by atoms with E-state index in [1.165, 1.54) is 12.1 Å². The third kappa shape index (κ3) is 2.88. The molecule has 0 unspecified atom stereocenters. The van der Waals surface area contributed by atoms with E-state index in [9.17, 15) is 9.18 Å². The van der Waals surface area contributed by atoms with Gasteiger partial charge in [-0.1, -0.05) is 27.6 Å². The lowest BCUT2D eigenvalue weighted by molar-refractivity contribution is 0.564. The summed E-state index contributed by atoms with van der Waals surface area (Å²) in [6, 6.07) is 9.88. The minimum atomic E-state index is -0.338. The summed E-state index contributed by atoms with van der Waals surface area (Å²) in [5.41, 5.74) is 2.59. The molecule has 2 nitrogen and oxygen atoms in total. The van der Waals surface area contributed by atoms with Crippen LogP contribution in [0.1, 0.15) is 16.7 Å². The molecule has 5 heteroatoms. The van der Waals surface area contributed by atoms with E-state index >= 15 is 0 Å². The summed E-state index contributed by atoms with van der Waals surface area (Å²) in [5.74, 6) is -0.338. The van der Waals surface area contributed by atoms with Crippen molar-refractivity contribution in [3.63, 3.8) is 0 Å². The number of aryl methyl sites for hydroxylation is 1. The molecule has 112 valence electrons. The van der Waals surface area contributed by atoms with Crippen LogP contribution in [0.15, 0.2) is 54.8 Å². The highest BCUT2D eigenvalue weighted by Crippen LogP contribution is 2.26. The van der Waals surface area contributed by atoms with Gasteiger partial charge in [-0.05, 0) is 58.7 Å². The van der Waals surface area contributed by atoms with E-state index in [-0.39, 0.29) is 17.7 Å². The van der Waals surface area contributed by atoms with E-state index in [4.69, 9.17) is 4.42 Å². The maximum atomic E-state index is 13.4. The van der Waals surface area contributed by atoms with Crippen molar-refractivity contribution in [2.24, 2.45) is 0 Å². The van der Waals surface area contributed by atoms with Crippen LogP contribution in [0.2, 0.25) is 0 Å². The predicted octanol–water partition coefficient (Wildman–Crippen LogP) is 5.36. The number of fused-ring (bicyclic) bond motifs is 1. The second kappa shape index (κ2) is 5.97. The normalized spacial score (nSPS) is 11.1. The molecule has 0 aliphatic heterocycles. The zero-order chi connectivity index (χ0) is 15.9. The van der Waals surface area contributed by atoms with Crippen LogP contribution in [-0.2, 0) is 6.42 Å². The molecule has 1 aromatic heterocycles. The summed E-state index contributed by atoms with van der Waals surface area (Å²) in [5, 5.41) is 0.533.